The van der Waals surface area contributed by atoms with Gasteiger partial charge in [0, 0.05) is 37.2 Å². The van der Waals surface area contributed by atoms with E-state index in [4.69, 9.17) is 0 Å². The van der Waals surface area contributed by atoms with Crippen molar-refractivity contribution in [2.75, 3.05) is 18.4 Å². The molecule has 7 nitrogen and oxygen atoms in total. The number of nitrogens with zero attached hydrogens (tertiary/aromatic N) is 2. The smallest absolute Gasteiger partial charge is 0.241 e. The number of carbonyl (C=O) groups is 2. The molecule has 3 fully saturated rings. The molecule has 1 saturated carbocycles. The van der Waals surface area contributed by atoms with Crippen molar-refractivity contribution in [3.05, 3.63) is 23.9 Å². The van der Waals surface area contributed by atoms with E-state index in [2.05, 4.69) is 21.2 Å². The third-order valence-electron chi connectivity index (χ3n) is 6.28. The van der Waals surface area contributed by atoms with E-state index in [1.54, 1.807) is 6.20 Å². The van der Waals surface area contributed by atoms with Crippen molar-refractivity contribution in [1.82, 2.24) is 20.7 Å². The Morgan fingerprint density at radius 3 is 2.63 bits per heavy atom. The van der Waals surface area contributed by atoms with Crippen molar-refractivity contribution in [2.45, 2.75) is 57.5 Å². The molecule has 3 N–H and O–H groups in total. The van der Waals surface area contributed by atoms with Crippen molar-refractivity contribution in [3.8, 4) is 0 Å². The second-order valence-electron chi connectivity index (χ2n) is 8.13. The lowest BCUT2D eigenvalue weighted by Gasteiger charge is -2.35. The van der Waals surface area contributed by atoms with E-state index in [0.717, 1.165) is 18.4 Å². The Balaban J connectivity index is 1.29. The summed E-state index contributed by atoms with van der Waals surface area (Å²) in [5.41, 5.74) is 7.62. The van der Waals surface area contributed by atoms with Crippen LogP contribution in [-0.2, 0) is 9.59 Å². The Hall–Kier alpha value is -1.99. The quantitative estimate of drug-likeness (QED) is 0.751. The molecule has 2 saturated heterocycles. The number of aryl methyl sites for hydroxylation is 1. The van der Waals surface area contributed by atoms with Gasteiger partial charge in [-0.05, 0) is 44.2 Å². The highest BCUT2D eigenvalue weighted by Gasteiger charge is 2.43. The summed E-state index contributed by atoms with van der Waals surface area (Å²) in [5.74, 6) is 1.13. The van der Waals surface area contributed by atoms with Crippen LogP contribution in [0.5, 0.6) is 0 Å². The molecule has 146 valence electrons. The highest BCUT2D eigenvalue weighted by atomic mass is 16.2. The highest BCUT2D eigenvalue weighted by Crippen LogP contribution is 2.31. The molecule has 0 radical (unpaired) electrons. The number of amides is 2. The molecule has 0 spiro atoms. The van der Waals surface area contributed by atoms with Crippen molar-refractivity contribution in [1.29, 1.82) is 0 Å². The molecule has 7 heteroatoms. The van der Waals surface area contributed by atoms with Crippen LogP contribution in [0.3, 0.4) is 0 Å². The van der Waals surface area contributed by atoms with Gasteiger partial charge < -0.3 is 10.2 Å². The number of anilines is 1. The van der Waals surface area contributed by atoms with Crippen molar-refractivity contribution < 1.29 is 9.59 Å². The van der Waals surface area contributed by atoms with Crippen molar-refractivity contribution >= 4 is 17.6 Å². The predicted octanol–water partition coefficient (Wildman–Crippen LogP) is 1.60. The lowest BCUT2D eigenvalue weighted by atomic mass is 9.81. The second-order valence-corrected chi connectivity index (χ2v) is 8.13. The summed E-state index contributed by atoms with van der Waals surface area (Å²) in [7, 11) is 0. The third-order valence-corrected chi connectivity index (χ3v) is 6.28. The molecule has 27 heavy (non-hydrogen) atoms. The summed E-state index contributed by atoms with van der Waals surface area (Å²) in [4.78, 5) is 31.6. The number of aromatic nitrogens is 1. The average molecular weight is 371 g/mol. The van der Waals surface area contributed by atoms with Crippen LogP contribution in [0.2, 0.25) is 0 Å². The number of likely N-dealkylation sites (tertiary alicyclic amines) is 1. The minimum atomic E-state index is -0.113. The summed E-state index contributed by atoms with van der Waals surface area (Å²) in [6.45, 7) is 3.26. The largest absolute Gasteiger partial charge is 0.341 e. The first-order valence-electron chi connectivity index (χ1n) is 10.1. The lowest BCUT2D eigenvalue weighted by Crippen LogP contribution is -2.51. The van der Waals surface area contributed by atoms with Crippen LogP contribution in [-0.4, -0.2) is 46.9 Å². The molecule has 0 aromatic carbocycles. The Morgan fingerprint density at radius 2 is 1.89 bits per heavy atom. The number of hydrogen-bond donors (Lipinski definition) is 3. The standard InChI is InChI=1S/C20H29N5O2/c1-13-6-7-17(21-12-13)22-19(26)14-8-10-25(11-9-14)20(27)18-15-4-2-3-5-16(15)23-24-18/h6-7,12,14-16,18,23-24H,2-5,8-11H2,1H3,(H,21,22,26). The molecule has 3 atom stereocenters. The summed E-state index contributed by atoms with van der Waals surface area (Å²) in [6.07, 6.45) is 7.88. The normalized spacial score (nSPS) is 28.6. The van der Waals surface area contributed by atoms with Gasteiger partial charge in [-0.25, -0.2) is 10.4 Å². The van der Waals surface area contributed by atoms with Gasteiger partial charge in [-0.2, -0.15) is 0 Å². The van der Waals surface area contributed by atoms with E-state index in [1.165, 1.54) is 12.8 Å². The molecule has 0 bridgehead atoms. The highest BCUT2D eigenvalue weighted by molar-refractivity contribution is 5.92. The predicted molar refractivity (Wildman–Crippen MR) is 103 cm³/mol. The maximum Gasteiger partial charge on any atom is 0.241 e. The number of rotatable bonds is 3. The topological polar surface area (TPSA) is 86.4 Å². The number of fused-ring (bicyclic) bond motifs is 1. The molecule has 3 aliphatic rings. The number of hydrogen-bond acceptors (Lipinski definition) is 5. The van der Waals surface area contributed by atoms with Crippen LogP contribution in [0.25, 0.3) is 0 Å². The van der Waals surface area contributed by atoms with Gasteiger partial charge in [0.25, 0.3) is 0 Å². The first-order chi connectivity index (χ1) is 13.1. The maximum atomic E-state index is 13.0. The van der Waals surface area contributed by atoms with Crippen LogP contribution >= 0.6 is 0 Å². The monoisotopic (exact) mass is 371 g/mol. The number of pyridine rings is 1. The van der Waals surface area contributed by atoms with E-state index < -0.39 is 0 Å². The Kier molecular flexibility index (Phi) is 5.41. The third kappa shape index (κ3) is 3.99. The van der Waals surface area contributed by atoms with Gasteiger partial charge in [0.15, 0.2) is 0 Å². The molecular formula is C20H29N5O2. The molecule has 1 aromatic rings. The molecule has 3 unspecified atom stereocenters. The van der Waals surface area contributed by atoms with Crippen molar-refractivity contribution in [3.63, 3.8) is 0 Å². The fraction of sp³-hybridized carbons (Fsp3) is 0.650. The van der Waals surface area contributed by atoms with Gasteiger partial charge in [-0.3, -0.25) is 15.0 Å². The van der Waals surface area contributed by atoms with Gasteiger partial charge >= 0.3 is 0 Å². The van der Waals surface area contributed by atoms with Crippen LogP contribution in [0.15, 0.2) is 18.3 Å². The van der Waals surface area contributed by atoms with Crippen LogP contribution in [0, 0.1) is 18.8 Å². The fourth-order valence-electron chi connectivity index (χ4n) is 4.62. The number of nitrogens with one attached hydrogen (secondary N) is 3. The van der Waals surface area contributed by atoms with Crippen LogP contribution in [0.4, 0.5) is 5.82 Å². The van der Waals surface area contributed by atoms with Gasteiger partial charge in [-0.15, -0.1) is 0 Å². The summed E-state index contributed by atoms with van der Waals surface area (Å²) in [5, 5.41) is 2.90. The first kappa shape index (κ1) is 18.4. The van der Waals surface area contributed by atoms with E-state index in [9.17, 15) is 9.59 Å². The SMILES string of the molecule is Cc1ccc(NC(=O)C2CCN(C(=O)C3NNC4CCCCC43)CC2)nc1. The minimum absolute atomic E-state index is 0.00598. The molecule has 1 aromatic heterocycles. The summed E-state index contributed by atoms with van der Waals surface area (Å²) < 4.78 is 0. The van der Waals surface area contributed by atoms with Crippen molar-refractivity contribution in [2.24, 2.45) is 11.8 Å². The Bertz CT molecular complexity index is 684. The number of carbonyl (C=O) groups excluding carboxylic acids is 2. The molecule has 1 aliphatic carbocycles. The van der Waals surface area contributed by atoms with E-state index in [0.29, 0.717) is 43.7 Å². The molecule has 2 amide bonds. The zero-order chi connectivity index (χ0) is 18.8. The van der Waals surface area contributed by atoms with Gasteiger partial charge in [0.05, 0.1) is 0 Å². The first-order valence-corrected chi connectivity index (χ1v) is 10.1. The van der Waals surface area contributed by atoms with Gasteiger partial charge in [-0.1, -0.05) is 18.9 Å². The lowest BCUT2D eigenvalue weighted by molar-refractivity contribution is -0.137. The summed E-state index contributed by atoms with van der Waals surface area (Å²) in [6, 6.07) is 4.08. The molecule has 2 aliphatic heterocycles. The number of hydrazine groups is 1. The summed E-state index contributed by atoms with van der Waals surface area (Å²) >= 11 is 0. The average Bonchev–Trinajstić information content (AvgIpc) is 3.13. The van der Waals surface area contributed by atoms with Crippen LogP contribution in [0.1, 0.15) is 44.1 Å². The molecular weight excluding hydrogens is 342 g/mol. The van der Waals surface area contributed by atoms with Gasteiger partial charge in [0.2, 0.25) is 11.8 Å². The molecule has 3 heterocycles. The van der Waals surface area contributed by atoms with E-state index in [1.807, 2.05) is 24.0 Å². The zero-order valence-corrected chi connectivity index (χ0v) is 15.9. The fourth-order valence-corrected chi connectivity index (χ4v) is 4.62. The zero-order valence-electron chi connectivity index (χ0n) is 15.9. The van der Waals surface area contributed by atoms with E-state index in [-0.39, 0.29) is 23.8 Å². The van der Waals surface area contributed by atoms with Gasteiger partial charge in [0.1, 0.15) is 11.9 Å². The minimum Gasteiger partial charge on any atom is -0.341 e. The molecule has 4 rings (SSSR count). The second kappa shape index (κ2) is 7.94. The Morgan fingerprint density at radius 1 is 1.11 bits per heavy atom. The van der Waals surface area contributed by atoms with E-state index >= 15 is 0 Å². The number of piperidine rings is 1. The Labute approximate surface area is 160 Å². The maximum absolute atomic E-state index is 13.0. The van der Waals surface area contributed by atoms with Crippen LogP contribution < -0.4 is 16.2 Å².